The van der Waals surface area contributed by atoms with Crippen molar-refractivity contribution in [1.82, 2.24) is 4.90 Å². The number of rotatable bonds is 4. The average Bonchev–Trinajstić information content (AvgIpc) is 2.42. The van der Waals surface area contributed by atoms with Crippen molar-refractivity contribution in [1.29, 1.82) is 0 Å². The minimum Gasteiger partial charge on any atom is -0.397 e. The lowest BCUT2D eigenvalue weighted by Crippen LogP contribution is -2.41. The molecule has 1 fully saturated rings. The molecule has 1 aromatic carbocycles. The number of hydrogen-bond acceptors (Lipinski definition) is 3. The molecule has 0 aromatic heterocycles. The van der Waals surface area contributed by atoms with Crippen molar-refractivity contribution >= 4 is 34.6 Å². The van der Waals surface area contributed by atoms with Crippen molar-refractivity contribution < 1.29 is 0 Å². The first-order valence-electron chi connectivity index (χ1n) is 6.80. The maximum Gasteiger partial charge on any atom is 0.0614 e. The maximum absolute atomic E-state index is 6.01. The van der Waals surface area contributed by atoms with Crippen molar-refractivity contribution in [2.45, 2.75) is 32.2 Å². The van der Waals surface area contributed by atoms with Crippen molar-refractivity contribution in [2.75, 3.05) is 30.7 Å². The minimum absolute atomic E-state index is 0.494. The number of anilines is 2. The van der Waals surface area contributed by atoms with Gasteiger partial charge in [0, 0.05) is 12.6 Å². The predicted molar refractivity (Wildman–Crippen MR) is 84.3 cm³/mol. The van der Waals surface area contributed by atoms with Gasteiger partial charge in [-0.15, -0.1) is 0 Å². The van der Waals surface area contributed by atoms with Gasteiger partial charge in [-0.25, -0.2) is 0 Å². The van der Waals surface area contributed by atoms with Gasteiger partial charge in [0.15, 0.2) is 0 Å². The lowest BCUT2D eigenvalue weighted by Gasteiger charge is -2.32. The van der Waals surface area contributed by atoms with E-state index in [2.05, 4.69) is 17.1 Å². The maximum atomic E-state index is 6.01. The number of likely N-dealkylation sites (tertiary alicyclic amines) is 1. The van der Waals surface area contributed by atoms with Gasteiger partial charge in [0.2, 0.25) is 0 Å². The summed E-state index contributed by atoms with van der Waals surface area (Å²) in [7, 11) is 0. The van der Waals surface area contributed by atoms with Crippen LogP contribution in [0.5, 0.6) is 0 Å². The molecule has 0 radical (unpaired) electrons. The van der Waals surface area contributed by atoms with Gasteiger partial charge >= 0.3 is 0 Å². The van der Waals surface area contributed by atoms with Gasteiger partial charge in [0.1, 0.15) is 0 Å². The molecule has 106 valence electrons. The van der Waals surface area contributed by atoms with Gasteiger partial charge in [-0.1, -0.05) is 29.6 Å². The Kier molecular flexibility index (Phi) is 5.20. The Morgan fingerprint density at radius 3 is 2.53 bits per heavy atom. The van der Waals surface area contributed by atoms with Gasteiger partial charge in [-0.2, -0.15) is 0 Å². The van der Waals surface area contributed by atoms with Crippen LogP contribution >= 0.6 is 23.2 Å². The topological polar surface area (TPSA) is 41.3 Å². The summed E-state index contributed by atoms with van der Waals surface area (Å²) in [6.07, 6.45) is 3.97. The molecule has 19 heavy (non-hydrogen) atoms. The lowest BCUT2D eigenvalue weighted by molar-refractivity contribution is 0.180. The summed E-state index contributed by atoms with van der Waals surface area (Å²) in [5.41, 5.74) is 7.43. The van der Waals surface area contributed by atoms with Crippen LogP contribution in [0.1, 0.15) is 26.2 Å². The highest BCUT2D eigenvalue weighted by Crippen LogP contribution is 2.30. The highest BCUT2D eigenvalue weighted by molar-refractivity contribution is 6.42. The summed E-state index contributed by atoms with van der Waals surface area (Å²) in [6.45, 7) is 5.49. The van der Waals surface area contributed by atoms with E-state index >= 15 is 0 Å². The number of nitrogens with one attached hydrogen (secondary N) is 1. The van der Waals surface area contributed by atoms with E-state index < -0.39 is 0 Å². The molecule has 0 spiro atoms. The van der Waals surface area contributed by atoms with E-state index in [4.69, 9.17) is 28.9 Å². The van der Waals surface area contributed by atoms with Crippen LogP contribution in [0.15, 0.2) is 12.1 Å². The second-order valence-corrected chi connectivity index (χ2v) is 5.99. The fourth-order valence-corrected chi connectivity index (χ4v) is 2.80. The van der Waals surface area contributed by atoms with Gasteiger partial charge in [-0.3, -0.25) is 4.90 Å². The Bertz CT molecular complexity index is 431. The summed E-state index contributed by atoms with van der Waals surface area (Å²) >= 11 is 11.9. The van der Waals surface area contributed by atoms with Crippen LogP contribution in [0.4, 0.5) is 11.4 Å². The van der Waals surface area contributed by atoms with Crippen LogP contribution < -0.4 is 11.1 Å². The molecule has 1 unspecified atom stereocenters. The molecule has 1 saturated heterocycles. The number of hydrogen-bond donors (Lipinski definition) is 2. The van der Waals surface area contributed by atoms with Crippen molar-refractivity contribution in [3.63, 3.8) is 0 Å². The second kappa shape index (κ2) is 6.69. The first-order chi connectivity index (χ1) is 9.08. The Hall–Kier alpha value is -0.640. The van der Waals surface area contributed by atoms with Crippen molar-refractivity contribution in [3.05, 3.63) is 22.2 Å². The predicted octanol–water partition coefficient (Wildman–Crippen LogP) is 3.86. The van der Waals surface area contributed by atoms with E-state index in [9.17, 15) is 0 Å². The van der Waals surface area contributed by atoms with E-state index in [0.29, 0.717) is 21.8 Å². The number of nitrogens with zero attached hydrogens (tertiary/aromatic N) is 1. The summed E-state index contributed by atoms with van der Waals surface area (Å²) in [5.74, 6) is 0. The fraction of sp³-hybridized carbons (Fsp3) is 0.571. The smallest absolute Gasteiger partial charge is 0.0614 e. The SMILES string of the molecule is CC(CNc1cc(Cl)c(Cl)cc1N)N1CCCCC1. The largest absolute Gasteiger partial charge is 0.397 e. The molecule has 1 heterocycles. The standard InChI is InChI=1S/C14H21Cl2N3/c1-10(19-5-3-2-4-6-19)9-18-14-8-12(16)11(15)7-13(14)17/h7-8,10,18H,2-6,9,17H2,1H3. The van der Waals surface area contributed by atoms with E-state index in [-0.39, 0.29) is 0 Å². The average molecular weight is 302 g/mol. The first kappa shape index (κ1) is 14.8. The Morgan fingerprint density at radius 2 is 1.84 bits per heavy atom. The Labute approximate surface area is 125 Å². The monoisotopic (exact) mass is 301 g/mol. The number of piperidine rings is 1. The Morgan fingerprint density at radius 1 is 1.21 bits per heavy atom. The molecule has 1 aliphatic rings. The number of benzene rings is 1. The fourth-order valence-electron chi connectivity index (χ4n) is 2.46. The van der Waals surface area contributed by atoms with E-state index in [1.807, 2.05) is 0 Å². The molecule has 0 saturated carbocycles. The quantitative estimate of drug-likeness (QED) is 0.830. The van der Waals surface area contributed by atoms with E-state index in [1.54, 1.807) is 12.1 Å². The van der Waals surface area contributed by atoms with E-state index in [1.165, 1.54) is 32.4 Å². The number of nitrogen functional groups attached to an aromatic ring is 1. The molecule has 0 bridgehead atoms. The molecule has 3 N–H and O–H groups in total. The normalized spacial score (nSPS) is 18.3. The molecule has 1 aromatic rings. The molecule has 0 aliphatic carbocycles. The van der Waals surface area contributed by atoms with Gasteiger partial charge in [-0.05, 0) is 45.0 Å². The highest BCUT2D eigenvalue weighted by atomic mass is 35.5. The summed E-state index contributed by atoms with van der Waals surface area (Å²) < 4.78 is 0. The Balaban J connectivity index is 1.92. The van der Waals surface area contributed by atoms with Gasteiger partial charge < -0.3 is 11.1 Å². The summed E-state index contributed by atoms with van der Waals surface area (Å²) in [4.78, 5) is 2.52. The molecule has 1 aliphatic heterocycles. The molecule has 1 atom stereocenters. The third-order valence-electron chi connectivity index (χ3n) is 3.69. The van der Waals surface area contributed by atoms with Crippen molar-refractivity contribution in [3.8, 4) is 0 Å². The van der Waals surface area contributed by atoms with Crippen LogP contribution in [0.3, 0.4) is 0 Å². The number of nitrogens with two attached hydrogens (primary N) is 1. The third-order valence-corrected chi connectivity index (χ3v) is 4.42. The lowest BCUT2D eigenvalue weighted by atomic mass is 10.1. The van der Waals surface area contributed by atoms with Gasteiger partial charge in [0.05, 0.1) is 21.4 Å². The van der Waals surface area contributed by atoms with Crippen LogP contribution in [-0.2, 0) is 0 Å². The van der Waals surface area contributed by atoms with Crippen LogP contribution in [-0.4, -0.2) is 30.6 Å². The summed E-state index contributed by atoms with van der Waals surface area (Å²) in [5, 5.41) is 4.39. The number of halogens is 2. The summed E-state index contributed by atoms with van der Waals surface area (Å²) in [6, 6.07) is 3.98. The molecular weight excluding hydrogens is 281 g/mol. The zero-order chi connectivity index (χ0) is 13.8. The molecule has 5 heteroatoms. The first-order valence-corrected chi connectivity index (χ1v) is 7.56. The van der Waals surface area contributed by atoms with Crippen LogP contribution in [0, 0.1) is 0 Å². The van der Waals surface area contributed by atoms with E-state index in [0.717, 1.165) is 12.2 Å². The zero-order valence-electron chi connectivity index (χ0n) is 11.3. The molecule has 2 rings (SSSR count). The highest BCUT2D eigenvalue weighted by Gasteiger charge is 2.16. The second-order valence-electron chi connectivity index (χ2n) is 5.18. The zero-order valence-corrected chi connectivity index (χ0v) is 12.8. The molecule has 3 nitrogen and oxygen atoms in total. The van der Waals surface area contributed by atoms with Gasteiger partial charge in [0.25, 0.3) is 0 Å². The molecular formula is C14H21Cl2N3. The van der Waals surface area contributed by atoms with Crippen molar-refractivity contribution in [2.24, 2.45) is 0 Å². The third kappa shape index (κ3) is 3.91. The molecule has 0 amide bonds. The van der Waals surface area contributed by atoms with Crippen LogP contribution in [0.2, 0.25) is 10.0 Å². The minimum atomic E-state index is 0.494. The van der Waals surface area contributed by atoms with Crippen LogP contribution in [0.25, 0.3) is 0 Å².